The number of hydrogen-bond acceptors (Lipinski definition) is 1. The summed E-state index contributed by atoms with van der Waals surface area (Å²) >= 11 is 5.97. The van der Waals surface area contributed by atoms with Crippen molar-refractivity contribution in [1.82, 2.24) is 4.98 Å². The maximum absolute atomic E-state index is 14.4. The van der Waals surface area contributed by atoms with Crippen molar-refractivity contribution in [1.29, 1.82) is 0 Å². The second-order valence-electron chi connectivity index (χ2n) is 5.63. The molecule has 1 unspecified atom stereocenters. The Kier molecular flexibility index (Phi) is 3.91. The highest BCUT2D eigenvalue weighted by Gasteiger charge is 2.18. The molecule has 1 atom stereocenters. The molecule has 0 aliphatic rings. The van der Waals surface area contributed by atoms with Gasteiger partial charge >= 0.3 is 0 Å². The number of nitrogens with zero attached hydrogens (tertiary/aromatic N) is 1. The third-order valence-electron chi connectivity index (χ3n) is 3.15. The van der Waals surface area contributed by atoms with Gasteiger partial charge in [0, 0.05) is 18.0 Å². The lowest BCUT2D eigenvalue weighted by atomic mass is 9.86. The van der Waals surface area contributed by atoms with Crippen LogP contribution in [0.5, 0.6) is 0 Å². The first-order valence-electron chi connectivity index (χ1n) is 6.23. The molecule has 1 nitrogen and oxygen atoms in total. The molecule has 0 aliphatic carbocycles. The minimum atomic E-state index is -1.22. The Bertz CT molecular complexity index is 558. The summed E-state index contributed by atoms with van der Waals surface area (Å²) in [4.78, 5) is 3.87. The van der Waals surface area contributed by atoms with Crippen molar-refractivity contribution in [2.75, 3.05) is 0 Å². The number of benzene rings is 1. The Morgan fingerprint density at radius 2 is 1.74 bits per heavy atom. The predicted octanol–water partition coefficient (Wildman–Crippen LogP) is 5.09. The van der Waals surface area contributed by atoms with Gasteiger partial charge in [-0.25, -0.2) is 4.39 Å². The van der Waals surface area contributed by atoms with Crippen molar-refractivity contribution in [3.05, 3.63) is 64.4 Å². The van der Waals surface area contributed by atoms with E-state index in [1.807, 2.05) is 24.3 Å². The van der Waals surface area contributed by atoms with E-state index < -0.39 is 6.17 Å². The van der Waals surface area contributed by atoms with E-state index in [1.165, 1.54) is 11.8 Å². The minimum Gasteiger partial charge on any atom is -0.263 e. The minimum absolute atomic E-state index is 0.0681. The summed E-state index contributed by atoms with van der Waals surface area (Å²) in [5.41, 5.74) is 2.32. The van der Waals surface area contributed by atoms with Gasteiger partial charge in [0.15, 0.2) is 6.17 Å². The number of aromatic nitrogens is 1. The van der Waals surface area contributed by atoms with Crippen LogP contribution in [-0.2, 0) is 5.41 Å². The number of rotatable bonds is 2. The molecule has 0 bridgehead atoms. The maximum atomic E-state index is 14.4. The molecule has 2 aromatic rings. The molecule has 0 saturated heterocycles. The van der Waals surface area contributed by atoms with E-state index in [4.69, 9.17) is 11.6 Å². The van der Waals surface area contributed by atoms with Crippen LogP contribution in [-0.4, -0.2) is 4.98 Å². The quantitative estimate of drug-likeness (QED) is 0.745. The van der Waals surface area contributed by atoms with E-state index in [2.05, 4.69) is 25.8 Å². The average molecular weight is 278 g/mol. The van der Waals surface area contributed by atoms with Crippen molar-refractivity contribution in [2.24, 2.45) is 0 Å². The van der Waals surface area contributed by atoms with Gasteiger partial charge in [0.1, 0.15) is 0 Å². The Morgan fingerprint density at radius 1 is 1.11 bits per heavy atom. The standard InChI is InChI=1S/C16H17ClFN/c1-16(2,3)12-6-4-11(5-7-12)15(18)13-8-9-19-10-14(13)17/h4-10,15H,1-3H3. The summed E-state index contributed by atoms with van der Waals surface area (Å²) < 4.78 is 14.4. The molecule has 3 heteroatoms. The largest absolute Gasteiger partial charge is 0.263 e. The number of alkyl halides is 1. The first kappa shape index (κ1) is 14.0. The Balaban J connectivity index is 2.31. The van der Waals surface area contributed by atoms with Gasteiger partial charge in [0.25, 0.3) is 0 Å². The smallest absolute Gasteiger partial charge is 0.152 e. The lowest BCUT2D eigenvalue weighted by Crippen LogP contribution is -2.10. The normalized spacial score (nSPS) is 13.3. The lowest BCUT2D eigenvalue weighted by Gasteiger charge is -2.19. The SMILES string of the molecule is CC(C)(C)c1ccc(C(F)c2ccncc2Cl)cc1. The van der Waals surface area contributed by atoms with E-state index in [9.17, 15) is 4.39 Å². The first-order valence-corrected chi connectivity index (χ1v) is 6.61. The van der Waals surface area contributed by atoms with Crippen molar-refractivity contribution < 1.29 is 4.39 Å². The van der Waals surface area contributed by atoms with E-state index >= 15 is 0 Å². The van der Waals surface area contributed by atoms with Crippen LogP contribution in [0.4, 0.5) is 4.39 Å². The Hall–Kier alpha value is -1.41. The molecular formula is C16H17ClFN. The molecule has 19 heavy (non-hydrogen) atoms. The molecule has 0 N–H and O–H groups in total. The molecule has 0 amide bonds. The zero-order chi connectivity index (χ0) is 14.0. The van der Waals surface area contributed by atoms with Gasteiger partial charge in [-0.1, -0.05) is 56.6 Å². The van der Waals surface area contributed by atoms with E-state index in [-0.39, 0.29) is 5.41 Å². The van der Waals surface area contributed by atoms with Gasteiger partial charge in [-0.05, 0) is 22.6 Å². The van der Waals surface area contributed by atoms with E-state index in [0.29, 0.717) is 16.1 Å². The third-order valence-corrected chi connectivity index (χ3v) is 3.46. The fourth-order valence-corrected chi connectivity index (χ4v) is 2.14. The highest BCUT2D eigenvalue weighted by atomic mass is 35.5. The predicted molar refractivity (Wildman–Crippen MR) is 77.3 cm³/mol. The van der Waals surface area contributed by atoms with Crippen LogP contribution in [0.2, 0.25) is 5.02 Å². The van der Waals surface area contributed by atoms with Crippen molar-refractivity contribution in [3.63, 3.8) is 0 Å². The Labute approximate surface area is 118 Å². The number of hydrogen-bond donors (Lipinski definition) is 0. The van der Waals surface area contributed by atoms with Gasteiger partial charge < -0.3 is 0 Å². The molecule has 1 aromatic heterocycles. The highest BCUT2D eigenvalue weighted by molar-refractivity contribution is 6.31. The molecule has 0 saturated carbocycles. The molecule has 0 aliphatic heterocycles. The van der Waals surface area contributed by atoms with Gasteiger partial charge in [0.2, 0.25) is 0 Å². The van der Waals surface area contributed by atoms with Gasteiger partial charge in [-0.3, -0.25) is 4.98 Å². The molecule has 100 valence electrons. The van der Waals surface area contributed by atoms with E-state index in [0.717, 1.165) is 0 Å². The van der Waals surface area contributed by atoms with Crippen molar-refractivity contribution >= 4 is 11.6 Å². The molecule has 1 aromatic carbocycles. The van der Waals surface area contributed by atoms with Gasteiger partial charge in [0.05, 0.1) is 5.02 Å². The van der Waals surface area contributed by atoms with Crippen LogP contribution < -0.4 is 0 Å². The van der Waals surface area contributed by atoms with Crippen molar-refractivity contribution in [2.45, 2.75) is 32.4 Å². The number of pyridine rings is 1. The van der Waals surface area contributed by atoms with E-state index in [1.54, 1.807) is 12.3 Å². The van der Waals surface area contributed by atoms with Crippen LogP contribution >= 0.6 is 11.6 Å². The molecule has 0 spiro atoms. The topological polar surface area (TPSA) is 12.9 Å². The zero-order valence-corrected chi connectivity index (χ0v) is 12.1. The summed E-state index contributed by atoms with van der Waals surface area (Å²) in [6.07, 6.45) is 1.80. The fourth-order valence-electron chi connectivity index (χ4n) is 1.92. The monoisotopic (exact) mass is 277 g/mol. The maximum Gasteiger partial charge on any atom is 0.152 e. The summed E-state index contributed by atoms with van der Waals surface area (Å²) in [5.74, 6) is 0. The van der Waals surface area contributed by atoms with Crippen LogP contribution in [0, 0.1) is 0 Å². The molecule has 1 heterocycles. The zero-order valence-electron chi connectivity index (χ0n) is 11.3. The van der Waals surface area contributed by atoms with Crippen LogP contribution in [0.25, 0.3) is 0 Å². The van der Waals surface area contributed by atoms with Gasteiger partial charge in [-0.15, -0.1) is 0 Å². The van der Waals surface area contributed by atoms with Crippen LogP contribution in [0.3, 0.4) is 0 Å². The van der Waals surface area contributed by atoms with Crippen LogP contribution in [0.15, 0.2) is 42.7 Å². The molecule has 0 fully saturated rings. The highest BCUT2D eigenvalue weighted by Crippen LogP contribution is 2.32. The Morgan fingerprint density at radius 3 is 2.26 bits per heavy atom. The second kappa shape index (κ2) is 5.30. The lowest BCUT2D eigenvalue weighted by molar-refractivity contribution is 0.401. The third kappa shape index (κ3) is 3.13. The summed E-state index contributed by atoms with van der Waals surface area (Å²) in [6.45, 7) is 6.40. The second-order valence-corrected chi connectivity index (χ2v) is 6.04. The van der Waals surface area contributed by atoms with Crippen molar-refractivity contribution in [3.8, 4) is 0 Å². The summed E-state index contributed by atoms with van der Waals surface area (Å²) in [5, 5.41) is 0.356. The number of halogens is 2. The molecule has 2 rings (SSSR count). The van der Waals surface area contributed by atoms with Gasteiger partial charge in [-0.2, -0.15) is 0 Å². The molecule has 0 radical (unpaired) electrons. The summed E-state index contributed by atoms with van der Waals surface area (Å²) in [7, 11) is 0. The fraction of sp³-hybridized carbons (Fsp3) is 0.312. The summed E-state index contributed by atoms with van der Waals surface area (Å²) in [6, 6.07) is 9.20. The average Bonchev–Trinajstić information content (AvgIpc) is 2.38. The first-order chi connectivity index (χ1) is 8.89. The van der Waals surface area contributed by atoms with Crippen LogP contribution in [0.1, 0.15) is 43.6 Å². The molecular weight excluding hydrogens is 261 g/mol.